The summed E-state index contributed by atoms with van der Waals surface area (Å²) in [7, 11) is -3.61. The number of piperidine rings is 1. The summed E-state index contributed by atoms with van der Waals surface area (Å²) in [6, 6.07) is 19.8. The standard InChI is InChI=1S/C32H35N5O4S/c1-24-2-9-29(10-3-24)42(40,41)37-18-16-36(17-19-37)32(39)28-8-11-30(34-22-28)31(38)20-25-12-14-35(15-13-25)23-27-6-4-26(21-33)5-7-27/h2-11,22,25H,12-20,23H2,1H3. The second kappa shape index (κ2) is 12.9. The molecule has 10 heteroatoms. The molecule has 42 heavy (non-hydrogen) atoms. The molecule has 9 nitrogen and oxygen atoms in total. The number of sulfonamides is 1. The Balaban J connectivity index is 1.08. The number of pyridine rings is 1. The molecule has 2 aliphatic heterocycles. The third-order valence-corrected chi connectivity index (χ3v) is 10.1. The average molecular weight is 586 g/mol. The van der Waals surface area contributed by atoms with E-state index in [9.17, 15) is 18.0 Å². The van der Waals surface area contributed by atoms with Crippen LogP contribution < -0.4 is 0 Å². The second-order valence-corrected chi connectivity index (χ2v) is 13.0. The number of nitriles is 1. The highest BCUT2D eigenvalue weighted by Gasteiger charge is 2.31. The van der Waals surface area contributed by atoms with Crippen molar-refractivity contribution in [1.29, 1.82) is 5.26 Å². The number of carbonyl (C=O) groups is 2. The van der Waals surface area contributed by atoms with Gasteiger partial charge in [-0.2, -0.15) is 9.57 Å². The molecule has 218 valence electrons. The van der Waals surface area contributed by atoms with E-state index in [-0.39, 0.29) is 42.8 Å². The van der Waals surface area contributed by atoms with E-state index in [1.54, 1.807) is 41.3 Å². The highest BCUT2D eigenvalue weighted by molar-refractivity contribution is 7.89. The summed E-state index contributed by atoms with van der Waals surface area (Å²) in [6.07, 6.45) is 3.75. The average Bonchev–Trinajstić information content (AvgIpc) is 3.02. The molecule has 2 aromatic carbocycles. The Labute approximate surface area is 247 Å². The number of carbonyl (C=O) groups excluding carboxylic acids is 2. The van der Waals surface area contributed by atoms with Gasteiger partial charge in [0.25, 0.3) is 5.91 Å². The first-order valence-electron chi connectivity index (χ1n) is 14.3. The minimum atomic E-state index is -3.61. The zero-order valence-corrected chi connectivity index (χ0v) is 24.6. The van der Waals surface area contributed by atoms with Crippen molar-refractivity contribution in [3.63, 3.8) is 0 Å². The van der Waals surface area contributed by atoms with Gasteiger partial charge in [0.05, 0.1) is 22.1 Å². The Morgan fingerprint density at radius 2 is 1.57 bits per heavy atom. The van der Waals surface area contributed by atoms with Gasteiger partial charge in [-0.15, -0.1) is 0 Å². The number of rotatable bonds is 8. The summed E-state index contributed by atoms with van der Waals surface area (Å²) in [5, 5.41) is 8.96. The molecule has 5 rings (SSSR count). The van der Waals surface area contributed by atoms with Crippen LogP contribution in [0.5, 0.6) is 0 Å². The summed E-state index contributed by atoms with van der Waals surface area (Å²) in [4.78, 5) is 34.6. The molecule has 0 radical (unpaired) electrons. The van der Waals surface area contributed by atoms with Gasteiger partial charge in [0, 0.05) is 45.3 Å². The van der Waals surface area contributed by atoms with E-state index < -0.39 is 10.0 Å². The van der Waals surface area contributed by atoms with Crippen LogP contribution in [0.2, 0.25) is 0 Å². The molecule has 0 N–H and O–H groups in total. The number of nitrogens with zero attached hydrogens (tertiary/aromatic N) is 5. The van der Waals surface area contributed by atoms with Crippen LogP contribution in [0.25, 0.3) is 0 Å². The van der Waals surface area contributed by atoms with Gasteiger partial charge in [0.15, 0.2) is 5.78 Å². The largest absolute Gasteiger partial charge is 0.336 e. The Bertz CT molecular complexity index is 1550. The monoisotopic (exact) mass is 585 g/mol. The van der Waals surface area contributed by atoms with E-state index in [1.165, 1.54) is 16.1 Å². The first-order chi connectivity index (χ1) is 20.2. The van der Waals surface area contributed by atoms with Crippen LogP contribution in [0.15, 0.2) is 71.8 Å². The summed E-state index contributed by atoms with van der Waals surface area (Å²) in [5.41, 5.74) is 3.57. The number of hydrogen-bond acceptors (Lipinski definition) is 7. The highest BCUT2D eigenvalue weighted by Crippen LogP contribution is 2.24. The van der Waals surface area contributed by atoms with Crippen molar-refractivity contribution in [2.45, 2.75) is 37.6 Å². The summed E-state index contributed by atoms with van der Waals surface area (Å²) >= 11 is 0. The molecular formula is C32H35N5O4S. The Morgan fingerprint density at radius 3 is 2.17 bits per heavy atom. The number of aromatic nitrogens is 1. The van der Waals surface area contributed by atoms with E-state index in [0.717, 1.165) is 38.0 Å². The van der Waals surface area contributed by atoms with Gasteiger partial charge in [0.2, 0.25) is 10.0 Å². The van der Waals surface area contributed by atoms with Crippen LogP contribution in [-0.4, -0.2) is 78.5 Å². The zero-order chi connectivity index (χ0) is 29.7. The number of piperazine rings is 1. The lowest BCUT2D eigenvalue weighted by Gasteiger charge is -2.34. The molecule has 2 saturated heterocycles. The van der Waals surface area contributed by atoms with E-state index in [1.807, 2.05) is 31.2 Å². The molecule has 3 aromatic rings. The Morgan fingerprint density at radius 1 is 0.905 bits per heavy atom. The molecule has 0 unspecified atom stereocenters. The van der Waals surface area contributed by atoms with Crippen molar-refractivity contribution in [1.82, 2.24) is 19.1 Å². The van der Waals surface area contributed by atoms with Crippen LogP contribution in [0.3, 0.4) is 0 Å². The van der Waals surface area contributed by atoms with E-state index in [2.05, 4.69) is 16.0 Å². The van der Waals surface area contributed by atoms with Crippen molar-refractivity contribution >= 4 is 21.7 Å². The predicted molar refractivity (Wildman–Crippen MR) is 158 cm³/mol. The van der Waals surface area contributed by atoms with Gasteiger partial charge in [-0.3, -0.25) is 19.5 Å². The van der Waals surface area contributed by atoms with Crippen LogP contribution in [-0.2, 0) is 16.6 Å². The second-order valence-electron chi connectivity index (χ2n) is 11.1. The third kappa shape index (κ3) is 6.93. The number of aryl methyl sites for hydroxylation is 1. The number of amides is 1. The molecule has 0 saturated carbocycles. The molecule has 0 spiro atoms. The fraction of sp³-hybridized carbons (Fsp3) is 0.375. The number of likely N-dealkylation sites (tertiary alicyclic amines) is 1. The van der Waals surface area contributed by atoms with Crippen molar-refractivity contribution in [2.75, 3.05) is 39.3 Å². The lowest BCUT2D eigenvalue weighted by Crippen LogP contribution is -2.50. The van der Waals surface area contributed by atoms with Crippen molar-refractivity contribution in [3.05, 3.63) is 94.8 Å². The van der Waals surface area contributed by atoms with Gasteiger partial charge >= 0.3 is 0 Å². The van der Waals surface area contributed by atoms with Crippen LogP contribution in [0.4, 0.5) is 0 Å². The van der Waals surface area contributed by atoms with Crippen LogP contribution in [0.1, 0.15) is 56.8 Å². The molecule has 1 amide bonds. The number of hydrogen-bond donors (Lipinski definition) is 0. The quantitative estimate of drug-likeness (QED) is 0.369. The smallest absolute Gasteiger partial charge is 0.255 e. The van der Waals surface area contributed by atoms with E-state index in [0.29, 0.717) is 29.2 Å². The molecule has 0 atom stereocenters. The maximum Gasteiger partial charge on any atom is 0.255 e. The topological polar surface area (TPSA) is 115 Å². The number of Topliss-reactive ketones (excluding diaryl/α,β-unsaturated/α-hetero) is 1. The minimum absolute atomic E-state index is 0.0190. The van der Waals surface area contributed by atoms with Crippen LogP contribution in [0, 0.1) is 24.2 Å². The van der Waals surface area contributed by atoms with Gasteiger partial charge < -0.3 is 4.90 Å². The zero-order valence-electron chi connectivity index (χ0n) is 23.8. The van der Waals surface area contributed by atoms with Gasteiger partial charge in [-0.05, 0) is 80.7 Å². The van der Waals surface area contributed by atoms with Gasteiger partial charge in [-0.25, -0.2) is 8.42 Å². The highest BCUT2D eigenvalue weighted by atomic mass is 32.2. The van der Waals surface area contributed by atoms with Crippen molar-refractivity contribution < 1.29 is 18.0 Å². The van der Waals surface area contributed by atoms with E-state index >= 15 is 0 Å². The van der Waals surface area contributed by atoms with Crippen molar-refractivity contribution in [3.8, 4) is 6.07 Å². The predicted octanol–water partition coefficient (Wildman–Crippen LogP) is 3.89. The van der Waals surface area contributed by atoms with E-state index in [4.69, 9.17) is 5.26 Å². The van der Waals surface area contributed by atoms with Crippen molar-refractivity contribution in [2.24, 2.45) is 5.92 Å². The number of benzene rings is 2. The molecule has 3 heterocycles. The molecule has 2 aliphatic rings. The first-order valence-corrected chi connectivity index (χ1v) is 15.7. The molecule has 0 aliphatic carbocycles. The fourth-order valence-electron chi connectivity index (χ4n) is 5.52. The third-order valence-electron chi connectivity index (χ3n) is 8.15. The van der Waals surface area contributed by atoms with Crippen LogP contribution >= 0.6 is 0 Å². The lowest BCUT2D eigenvalue weighted by atomic mass is 9.90. The molecule has 2 fully saturated rings. The SMILES string of the molecule is Cc1ccc(S(=O)(=O)N2CCN(C(=O)c3ccc(C(=O)CC4CCN(Cc5ccc(C#N)cc5)CC4)nc3)CC2)cc1. The number of ketones is 1. The molecule has 1 aromatic heterocycles. The lowest BCUT2D eigenvalue weighted by molar-refractivity contribution is 0.0696. The maximum atomic E-state index is 13.1. The Hall–Kier alpha value is -3.91. The molecular weight excluding hydrogens is 550 g/mol. The normalized spacial score (nSPS) is 17.1. The minimum Gasteiger partial charge on any atom is -0.336 e. The fourth-order valence-corrected chi connectivity index (χ4v) is 6.94. The summed E-state index contributed by atoms with van der Waals surface area (Å²) in [6.45, 7) is 5.58. The van der Waals surface area contributed by atoms with Gasteiger partial charge in [-0.1, -0.05) is 29.8 Å². The summed E-state index contributed by atoms with van der Waals surface area (Å²) in [5.74, 6) is 0.0586. The summed E-state index contributed by atoms with van der Waals surface area (Å²) < 4.78 is 27.4. The van der Waals surface area contributed by atoms with Gasteiger partial charge in [0.1, 0.15) is 5.69 Å². The first kappa shape index (κ1) is 29.6. The maximum absolute atomic E-state index is 13.1. The molecule has 0 bridgehead atoms. The Kier molecular flexibility index (Phi) is 9.12.